The molecule has 0 unspecified atom stereocenters. The molecule has 0 atom stereocenters. The second kappa shape index (κ2) is 5.54. The van der Waals surface area contributed by atoms with E-state index in [9.17, 15) is 10.1 Å². The summed E-state index contributed by atoms with van der Waals surface area (Å²) in [5.74, 6) is 0.327. The lowest BCUT2D eigenvalue weighted by Crippen LogP contribution is -2.13. The summed E-state index contributed by atoms with van der Waals surface area (Å²) in [4.78, 5) is 14.1. The number of benzene rings is 1. The highest BCUT2D eigenvalue weighted by Crippen LogP contribution is 2.30. The number of nitrogens with two attached hydrogens (primary N) is 1. The molecule has 0 bridgehead atoms. The van der Waals surface area contributed by atoms with Gasteiger partial charge in [0.2, 0.25) is 5.88 Å². The fourth-order valence-corrected chi connectivity index (χ4v) is 1.68. The van der Waals surface area contributed by atoms with Crippen LogP contribution in [0.25, 0.3) is 0 Å². The van der Waals surface area contributed by atoms with Crippen molar-refractivity contribution < 1.29 is 9.66 Å². The highest BCUT2D eigenvalue weighted by atomic mass is 35.5. The van der Waals surface area contributed by atoms with E-state index in [-0.39, 0.29) is 28.1 Å². The van der Waals surface area contributed by atoms with Gasteiger partial charge in [0.15, 0.2) is 0 Å². The van der Waals surface area contributed by atoms with Crippen molar-refractivity contribution in [3.8, 4) is 11.6 Å². The zero-order valence-electron chi connectivity index (χ0n) is 10.0. The number of nitrogens with one attached hydrogen (secondary N) is 1. The van der Waals surface area contributed by atoms with E-state index >= 15 is 0 Å². The highest BCUT2D eigenvalue weighted by molar-refractivity contribution is 6.32. The molecule has 0 amide bonds. The number of nitro groups is 1. The van der Waals surface area contributed by atoms with Gasteiger partial charge in [-0.1, -0.05) is 17.7 Å². The number of pyridine rings is 1. The molecule has 1 aromatic heterocycles. The summed E-state index contributed by atoms with van der Waals surface area (Å²) in [7, 11) is 0. The summed E-state index contributed by atoms with van der Waals surface area (Å²) in [6.07, 6.45) is 0. The highest BCUT2D eigenvalue weighted by Gasteiger charge is 2.13. The number of hydrogen-bond acceptors (Lipinski definition) is 5. The topological polar surface area (TPSA) is 115 Å². The maximum Gasteiger partial charge on any atom is 0.288 e. The Kier molecular flexibility index (Phi) is 3.81. The van der Waals surface area contributed by atoms with Gasteiger partial charge < -0.3 is 10.5 Å². The Morgan fingerprint density at radius 2 is 2.15 bits per heavy atom. The molecule has 0 fully saturated rings. The van der Waals surface area contributed by atoms with Crippen molar-refractivity contribution >= 4 is 23.1 Å². The van der Waals surface area contributed by atoms with Crippen molar-refractivity contribution in [2.45, 2.75) is 0 Å². The van der Waals surface area contributed by atoms with Gasteiger partial charge in [-0.05, 0) is 12.1 Å². The van der Waals surface area contributed by atoms with Crippen LogP contribution in [0.2, 0.25) is 5.02 Å². The van der Waals surface area contributed by atoms with Crippen LogP contribution in [0, 0.1) is 15.5 Å². The van der Waals surface area contributed by atoms with Crippen molar-refractivity contribution in [1.29, 1.82) is 5.41 Å². The van der Waals surface area contributed by atoms with Gasteiger partial charge >= 0.3 is 0 Å². The molecule has 7 nitrogen and oxygen atoms in total. The quantitative estimate of drug-likeness (QED) is 0.389. The molecule has 2 aromatic rings. The summed E-state index contributed by atoms with van der Waals surface area (Å²) in [5.41, 5.74) is 5.39. The first kappa shape index (κ1) is 13.8. The van der Waals surface area contributed by atoms with Gasteiger partial charge in [-0.15, -0.1) is 0 Å². The van der Waals surface area contributed by atoms with Gasteiger partial charge in [0.25, 0.3) is 5.69 Å². The maximum atomic E-state index is 10.6. The minimum atomic E-state index is -0.583. The molecule has 0 saturated carbocycles. The van der Waals surface area contributed by atoms with E-state index in [0.717, 1.165) is 0 Å². The standard InChI is InChI=1S/C12H9ClN4O3/c13-8-6-7(4-5-10(8)17(18)19)20-11-3-1-2-9(16-11)12(14)15/h1-6H,(H3,14,15). The minimum absolute atomic E-state index is 0.0322. The number of nitrogen functional groups attached to an aromatic ring is 1. The molecule has 0 aliphatic heterocycles. The van der Waals surface area contributed by atoms with Crippen LogP contribution < -0.4 is 10.5 Å². The summed E-state index contributed by atoms with van der Waals surface area (Å²) >= 11 is 5.78. The third-order valence-electron chi connectivity index (χ3n) is 2.34. The van der Waals surface area contributed by atoms with Crippen molar-refractivity contribution in [2.24, 2.45) is 5.73 Å². The average Bonchev–Trinajstić information content (AvgIpc) is 2.38. The van der Waals surface area contributed by atoms with Crippen LogP contribution in [0.5, 0.6) is 11.6 Å². The molecule has 0 aliphatic rings. The Hall–Kier alpha value is -2.67. The number of hydrogen-bond donors (Lipinski definition) is 2. The molecule has 0 radical (unpaired) electrons. The molecule has 1 aromatic carbocycles. The van der Waals surface area contributed by atoms with Crippen LogP contribution in [0.15, 0.2) is 36.4 Å². The molecule has 102 valence electrons. The SMILES string of the molecule is N=C(N)c1cccc(Oc2ccc([N+](=O)[O-])c(Cl)c2)n1. The van der Waals surface area contributed by atoms with Crippen LogP contribution in [0.4, 0.5) is 5.69 Å². The molecule has 0 spiro atoms. The van der Waals surface area contributed by atoms with Crippen LogP contribution >= 0.6 is 11.6 Å². The second-order valence-electron chi connectivity index (χ2n) is 3.75. The van der Waals surface area contributed by atoms with E-state index < -0.39 is 4.92 Å². The van der Waals surface area contributed by atoms with E-state index in [1.54, 1.807) is 18.2 Å². The predicted molar refractivity (Wildman–Crippen MR) is 73.4 cm³/mol. The van der Waals surface area contributed by atoms with Crippen LogP contribution in [-0.2, 0) is 0 Å². The van der Waals surface area contributed by atoms with Gasteiger partial charge in [0, 0.05) is 18.2 Å². The molecule has 8 heteroatoms. The van der Waals surface area contributed by atoms with E-state index in [0.29, 0.717) is 5.75 Å². The molecule has 3 N–H and O–H groups in total. The van der Waals surface area contributed by atoms with E-state index in [1.165, 1.54) is 18.2 Å². The predicted octanol–water partition coefficient (Wildman–Crippen LogP) is 2.72. The Balaban J connectivity index is 2.26. The van der Waals surface area contributed by atoms with E-state index in [4.69, 9.17) is 27.5 Å². The van der Waals surface area contributed by atoms with Crippen molar-refractivity contribution in [3.05, 3.63) is 57.2 Å². The van der Waals surface area contributed by atoms with Gasteiger partial charge in [0.05, 0.1) is 4.92 Å². The Morgan fingerprint density at radius 1 is 1.40 bits per heavy atom. The molecular weight excluding hydrogens is 284 g/mol. The summed E-state index contributed by atoms with van der Waals surface area (Å²) in [6, 6.07) is 8.74. The normalized spacial score (nSPS) is 10.1. The van der Waals surface area contributed by atoms with Gasteiger partial charge in [-0.25, -0.2) is 4.98 Å². The maximum absolute atomic E-state index is 10.6. The third-order valence-corrected chi connectivity index (χ3v) is 2.64. The number of ether oxygens (including phenoxy) is 1. The molecule has 20 heavy (non-hydrogen) atoms. The van der Waals surface area contributed by atoms with Gasteiger partial charge in [-0.3, -0.25) is 15.5 Å². The van der Waals surface area contributed by atoms with Crippen molar-refractivity contribution in [2.75, 3.05) is 0 Å². The molecule has 2 rings (SSSR count). The van der Waals surface area contributed by atoms with E-state index in [1.807, 2.05) is 0 Å². The summed E-state index contributed by atoms with van der Waals surface area (Å²) < 4.78 is 5.41. The first-order chi connectivity index (χ1) is 9.47. The zero-order chi connectivity index (χ0) is 14.7. The smallest absolute Gasteiger partial charge is 0.288 e. The largest absolute Gasteiger partial charge is 0.439 e. The number of aromatic nitrogens is 1. The lowest BCUT2D eigenvalue weighted by atomic mass is 10.3. The lowest BCUT2D eigenvalue weighted by Gasteiger charge is -2.06. The van der Waals surface area contributed by atoms with Gasteiger partial charge in [0.1, 0.15) is 22.3 Å². The van der Waals surface area contributed by atoms with Crippen LogP contribution in [0.3, 0.4) is 0 Å². The van der Waals surface area contributed by atoms with E-state index in [2.05, 4.69) is 4.98 Å². The summed E-state index contributed by atoms with van der Waals surface area (Å²) in [5, 5.41) is 17.9. The molecule has 1 heterocycles. The number of amidine groups is 1. The zero-order valence-corrected chi connectivity index (χ0v) is 10.8. The summed E-state index contributed by atoms with van der Waals surface area (Å²) in [6.45, 7) is 0. The first-order valence-corrected chi connectivity index (χ1v) is 5.78. The number of nitrogens with zero attached hydrogens (tertiary/aromatic N) is 2. The Morgan fingerprint density at radius 3 is 2.75 bits per heavy atom. The fourth-order valence-electron chi connectivity index (χ4n) is 1.44. The monoisotopic (exact) mass is 292 g/mol. The van der Waals surface area contributed by atoms with Crippen molar-refractivity contribution in [1.82, 2.24) is 4.98 Å². The first-order valence-electron chi connectivity index (χ1n) is 5.40. The van der Waals surface area contributed by atoms with Gasteiger partial charge in [-0.2, -0.15) is 0 Å². The fraction of sp³-hybridized carbons (Fsp3) is 0. The van der Waals surface area contributed by atoms with Crippen LogP contribution in [-0.4, -0.2) is 15.7 Å². The molecular formula is C12H9ClN4O3. The Labute approximate surface area is 118 Å². The number of halogens is 1. The number of nitro benzene ring substituents is 1. The van der Waals surface area contributed by atoms with Crippen LogP contribution in [0.1, 0.15) is 5.69 Å². The lowest BCUT2D eigenvalue weighted by molar-refractivity contribution is -0.384. The second-order valence-corrected chi connectivity index (χ2v) is 4.15. The van der Waals surface area contributed by atoms with Crippen molar-refractivity contribution in [3.63, 3.8) is 0 Å². The average molecular weight is 293 g/mol. The third kappa shape index (κ3) is 3.01. The molecule has 0 aliphatic carbocycles. The molecule has 0 saturated heterocycles. The minimum Gasteiger partial charge on any atom is -0.439 e. The Bertz CT molecular complexity index is 690. The number of rotatable bonds is 4.